The van der Waals surface area contributed by atoms with Crippen LogP contribution in [0.1, 0.15) is 27.0 Å². The van der Waals surface area contributed by atoms with E-state index >= 15 is 0 Å². The molecular weight excluding hydrogens is 550 g/mol. The first-order valence-corrected chi connectivity index (χ1v) is 13.7. The van der Waals surface area contributed by atoms with Crippen LogP contribution in [0.3, 0.4) is 0 Å². The number of rotatable bonds is 6. The van der Waals surface area contributed by atoms with Gasteiger partial charge in [0.2, 0.25) is 10.0 Å². The first-order chi connectivity index (χ1) is 19.0. The molecule has 10 heteroatoms. The third-order valence-corrected chi connectivity index (χ3v) is 6.41. The number of nitrogens with one attached hydrogen (secondary N) is 1. The van der Waals surface area contributed by atoms with Crippen molar-refractivity contribution in [3.05, 3.63) is 124 Å². The van der Waals surface area contributed by atoms with Crippen LogP contribution >= 0.6 is 11.6 Å². The minimum atomic E-state index is -3.83. The molecular formula is C30H26ClN3O5S. The maximum absolute atomic E-state index is 12.0. The van der Waals surface area contributed by atoms with Crippen molar-refractivity contribution in [1.82, 2.24) is 0 Å². The van der Waals surface area contributed by atoms with Crippen LogP contribution in [0.4, 0.5) is 5.69 Å². The molecule has 2 amide bonds. The molecule has 0 saturated heterocycles. The molecule has 0 atom stereocenters. The average molecular weight is 576 g/mol. The minimum Gasteiger partial charge on any atom is -0.483 e. The van der Waals surface area contributed by atoms with Crippen molar-refractivity contribution in [2.45, 2.75) is 11.8 Å². The fourth-order valence-electron chi connectivity index (χ4n) is 3.29. The number of amides is 2. The Balaban J connectivity index is 0.000000263. The maximum Gasteiger partial charge on any atom is 0.262 e. The quantitative estimate of drug-likeness (QED) is 0.290. The van der Waals surface area contributed by atoms with Gasteiger partial charge in [-0.25, -0.2) is 13.6 Å². The van der Waals surface area contributed by atoms with Crippen LogP contribution in [0.2, 0.25) is 5.02 Å². The molecule has 204 valence electrons. The van der Waals surface area contributed by atoms with Gasteiger partial charge in [0.1, 0.15) is 5.75 Å². The number of aryl methyl sites for hydroxylation is 1. The molecule has 0 aliphatic rings. The van der Waals surface area contributed by atoms with Crippen LogP contribution < -0.4 is 20.9 Å². The van der Waals surface area contributed by atoms with Gasteiger partial charge >= 0.3 is 0 Å². The Morgan fingerprint density at radius 2 is 1.45 bits per heavy atom. The third kappa shape index (κ3) is 9.29. The zero-order valence-electron chi connectivity index (χ0n) is 21.4. The summed E-state index contributed by atoms with van der Waals surface area (Å²) in [5.41, 5.74) is 8.31. The van der Waals surface area contributed by atoms with Gasteiger partial charge in [-0.1, -0.05) is 59.8 Å². The number of hydrogen-bond acceptors (Lipinski definition) is 5. The molecule has 0 fully saturated rings. The predicted octanol–water partition coefficient (Wildman–Crippen LogP) is 4.50. The Morgan fingerprint density at radius 3 is 1.95 bits per heavy atom. The van der Waals surface area contributed by atoms with Crippen LogP contribution in [0, 0.1) is 18.8 Å². The highest BCUT2D eigenvalue weighted by Gasteiger charge is 2.14. The first kappa shape index (κ1) is 29.9. The summed E-state index contributed by atoms with van der Waals surface area (Å²) in [6, 6.07) is 28.3. The molecule has 0 saturated carbocycles. The number of nitrogens with two attached hydrogens (primary N) is 2. The van der Waals surface area contributed by atoms with Gasteiger partial charge in [-0.2, -0.15) is 0 Å². The number of carbonyl (C=O) groups excluding carboxylic acids is 2. The van der Waals surface area contributed by atoms with Crippen LogP contribution in [0.15, 0.2) is 102 Å². The summed E-state index contributed by atoms with van der Waals surface area (Å²) < 4.78 is 27.9. The summed E-state index contributed by atoms with van der Waals surface area (Å²) >= 11 is 5.80. The molecule has 0 aromatic heterocycles. The van der Waals surface area contributed by atoms with Crippen molar-refractivity contribution in [2.75, 3.05) is 11.9 Å². The second-order valence-electron chi connectivity index (χ2n) is 8.35. The third-order valence-electron chi connectivity index (χ3n) is 5.27. The van der Waals surface area contributed by atoms with E-state index in [-0.39, 0.29) is 16.2 Å². The lowest BCUT2D eigenvalue weighted by atomic mass is 10.2. The van der Waals surface area contributed by atoms with Crippen molar-refractivity contribution in [3.8, 4) is 17.6 Å². The number of ether oxygens (including phenoxy) is 1. The van der Waals surface area contributed by atoms with E-state index in [0.717, 1.165) is 11.1 Å². The number of carbonyl (C=O) groups is 2. The highest BCUT2D eigenvalue weighted by Crippen LogP contribution is 2.23. The SMILES string of the molecule is C(#Cc1ccccc1)c1ccccc1.Cc1cc(S(N)(=O)=O)ccc1NC(=O)COc1ccc(Cl)cc1C(N)=O. The van der Waals surface area contributed by atoms with E-state index in [4.69, 9.17) is 27.2 Å². The number of sulfonamides is 1. The Morgan fingerprint density at radius 1 is 0.875 bits per heavy atom. The monoisotopic (exact) mass is 575 g/mol. The number of halogens is 1. The standard InChI is InChI=1S/C16H16ClN3O5S.C14H10/c1-9-6-11(26(19,23)24)3-4-13(9)20-15(21)8-25-14-5-2-10(17)7-12(14)16(18)22;1-3-7-13(8-4-1)11-12-14-9-5-2-6-10-14/h2-7H,8H2,1H3,(H2,18,22)(H,20,21)(H2,19,23,24);1-10H. The van der Waals surface area contributed by atoms with Crippen LogP contribution in [0.25, 0.3) is 0 Å². The molecule has 4 rings (SSSR count). The summed E-state index contributed by atoms with van der Waals surface area (Å²) in [6.45, 7) is 1.23. The van der Waals surface area contributed by atoms with Gasteiger partial charge in [-0.3, -0.25) is 9.59 Å². The van der Waals surface area contributed by atoms with E-state index in [2.05, 4.69) is 17.2 Å². The molecule has 0 unspecified atom stereocenters. The number of primary amides is 1. The van der Waals surface area contributed by atoms with Gasteiger partial charge in [-0.15, -0.1) is 0 Å². The van der Waals surface area contributed by atoms with E-state index < -0.39 is 28.4 Å². The molecule has 8 nitrogen and oxygen atoms in total. The summed E-state index contributed by atoms with van der Waals surface area (Å²) in [5, 5.41) is 7.94. The Labute approximate surface area is 238 Å². The Kier molecular flexibility index (Phi) is 10.4. The summed E-state index contributed by atoms with van der Waals surface area (Å²) in [4.78, 5) is 23.4. The molecule has 0 radical (unpaired) electrons. The van der Waals surface area contributed by atoms with E-state index in [0.29, 0.717) is 16.3 Å². The number of primary sulfonamides is 1. The molecule has 5 N–H and O–H groups in total. The van der Waals surface area contributed by atoms with Crippen LogP contribution in [-0.4, -0.2) is 26.8 Å². The molecule has 40 heavy (non-hydrogen) atoms. The zero-order valence-corrected chi connectivity index (χ0v) is 23.0. The average Bonchev–Trinajstić information content (AvgIpc) is 2.93. The number of anilines is 1. The second kappa shape index (κ2) is 14.0. The number of benzene rings is 4. The Bertz CT molecular complexity index is 1620. The lowest BCUT2D eigenvalue weighted by Gasteiger charge is -2.12. The van der Waals surface area contributed by atoms with Gasteiger partial charge < -0.3 is 15.8 Å². The van der Waals surface area contributed by atoms with Crippen molar-refractivity contribution in [1.29, 1.82) is 0 Å². The first-order valence-electron chi connectivity index (χ1n) is 11.8. The molecule has 0 spiro atoms. The van der Waals surface area contributed by atoms with Crippen molar-refractivity contribution >= 4 is 39.1 Å². The Hall–Kier alpha value is -4.62. The summed E-state index contributed by atoms with van der Waals surface area (Å²) in [7, 11) is -3.83. The van der Waals surface area contributed by atoms with Gasteiger partial charge in [0.15, 0.2) is 6.61 Å². The van der Waals surface area contributed by atoms with E-state index in [1.165, 1.54) is 36.4 Å². The number of hydrogen-bond donors (Lipinski definition) is 3. The smallest absolute Gasteiger partial charge is 0.262 e. The van der Waals surface area contributed by atoms with E-state index in [1.54, 1.807) is 6.92 Å². The summed E-state index contributed by atoms with van der Waals surface area (Å²) in [6.07, 6.45) is 0. The van der Waals surface area contributed by atoms with Gasteiger partial charge in [-0.05, 0) is 73.2 Å². The van der Waals surface area contributed by atoms with Crippen LogP contribution in [-0.2, 0) is 14.8 Å². The van der Waals surface area contributed by atoms with Gasteiger partial charge in [0.25, 0.3) is 11.8 Å². The van der Waals surface area contributed by atoms with Gasteiger partial charge in [0, 0.05) is 21.8 Å². The fraction of sp³-hybridized carbons (Fsp3) is 0.0667. The van der Waals surface area contributed by atoms with Crippen molar-refractivity contribution in [3.63, 3.8) is 0 Å². The lowest BCUT2D eigenvalue weighted by Crippen LogP contribution is -2.22. The largest absolute Gasteiger partial charge is 0.483 e. The summed E-state index contributed by atoms with van der Waals surface area (Å²) in [5.74, 6) is 5.09. The predicted molar refractivity (Wildman–Crippen MR) is 156 cm³/mol. The maximum atomic E-state index is 12.0. The molecule has 0 heterocycles. The minimum absolute atomic E-state index is 0.0546. The molecule has 4 aromatic rings. The van der Waals surface area contributed by atoms with E-state index in [9.17, 15) is 18.0 Å². The second-order valence-corrected chi connectivity index (χ2v) is 10.3. The van der Waals surface area contributed by atoms with Crippen molar-refractivity contribution in [2.24, 2.45) is 10.9 Å². The van der Waals surface area contributed by atoms with Crippen LogP contribution in [0.5, 0.6) is 5.75 Å². The molecule has 4 aromatic carbocycles. The highest BCUT2D eigenvalue weighted by atomic mass is 35.5. The molecule has 0 aliphatic carbocycles. The lowest BCUT2D eigenvalue weighted by molar-refractivity contribution is -0.118. The topological polar surface area (TPSA) is 142 Å². The van der Waals surface area contributed by atoms with Gasteiger partial charge in [0.05, 0.1) is 10.5 Å². The normalized spacial score (nSPS) is 10.3. The highest BCUT2D eigenvalue weighted by molar-refractivity contribution is 7.89. The molecule has 0 bridgehead atoms. The fourth-order valence-corrected chi connectivity index (χ4v) is 4.06. The zero-order chi connectivity index (χ0) is 29.1. The van der Waals surface area contributed by atoms with E-state index in [1.807, 2.05) is 60.7 Å². The van der Waals surface area contributed by atoms with Crippen molar-refractivity contribution < 1.29 is 22.7 Å². The molecule has 0 aliphatic heterocycles.